The van der Waals surface area contributed by atoms with Gasteiger partial charge in [0.2, 0.25) is 0 Å². The van der Waals surface area contributed by atoms with Crippen molar-refractivity contribution in [3.8, 4) is 0 Å². The summed E-state index contributed by atoms with van der Waals surface area (Å²) in [5, 5.41) is 20.9. The van der Waals surface area contributed by atoms with Crippen LogP contribution in [0.4, 0.5) is 0 Å². The molecule has 24 nitrogen and oxygen atoms in total. The van der Waals surface area contributed by atoms with Crippen LogP contribution in [0, 0.1) is 23.7 Å². The minimum absolute atomic E-state index is 0.00125. The summed E-state index contributed by atoms with van der Waals surface area (Å²) in [6.45, 7) is 49.4. The molecule has 2 aliphatic rings. The van der Waals surface area contributed by atoms with E-state index in [4.69, 9.17) is 60.1 Å². The Bertz CT molecular complexity index is 2470. The van der Waals surface area contributed by atoms with Crippen LogP contribution in [0.5, 0.6) is 0 Å². The van der Waals surface area contributed by atoms with Gasteiger partial charge in [-0.15, -0.1) is 0 Å². The molecule has 2 aliphatic heterocycles. The zero-order valence-electron chi connectivity index (χ0n) is 66.0. The van der Waals surface area contributed by atoms with Crippen LogP contribution in [0.2, 0.25) is 180 Å². The second-order valence-corrected chi connectivity index (χ2v) is 80.8. The molecule has 100 heavy (non-hydrogen) atoms. The van der Waals surface area contributed by atoms with Gasteiger partial charge in [-0.05, 0) is 232 Å². The fourth-order valence-electron chi connectivity index (χ4n) is 13.4. The number of rotatable bonds is 55. The first kappa shape index (κ1) is 94.4. The van der Waals surface area contributed by atoms with Crippen LogP contribution in [-0.2, 0) is 98.5 Å². The predicted molar refractivity (Wildman–Crippen MR) is 415 cm³/mol. The summed E-state index contributed by atoms with van der Waals surface area (Å²) in [7, 11) is -34.2. The maximum Gasteiger partial charge on any atom is 0.317 e. The van der Waals surface area contributed by atoms with E-state index in [0.29, 0.717) is 50.6 Å². The van der Waals surface area contributed by atoms with Gasteiger partial charge >= 0.3 is 116 Å². The highest BCUT2D eigenvalue weighted by atomic mass is 28.5. The first-order chi connectivity index (χ1) is 45.6. The van der Waals surface area contributed by atoms with Gasteiger partial charge in [0.1, 0.15) is 0 Å². The largest absolute Gasteiger partial charge is 0.481 e. The van der Waals surface area contributed by atoms with Crippen molar-refractivity contribution in [1.82, 2.24) is 0 Å². The maximum atomic E-state index is 13.3. The number of aliphatic carboxylic acids is 2. The maximum absolute atomic E-state index is 13.3. The van der Waals surface area contributed by atoms with Crippen LogP contribution in [0.15, 0.2) is 0 Å². The minimum atomic E-state index is -3.29. The van der Waals surface area contributed by atoms with E-state index in [2.05, 4.69) is 66.2 Å². The van der Waals surface area contributed by atoms with Crippen molar-refractivity contribution >= 4 is 150 Å². The van der Waals surface area contributed by atoms with E-state index in [9.17, 15) is 48.6 Å². The molecule has 2 heterocycles. The van der Waals surface area contributed by atoms with Crippen LogP contribution in [-0.4, -0.2) is 173 Å². The average molecular weight is 1620 g/mol. The van der Waals surface area contributed by atoms with Gasteiger partial charge in [0.15, 0.2) is 33.3 Å². The van der Waals surface area contributed by atoms with Crippen LogP contribution in [0.1, 0.15) is 142 Å². The third kappa shape index (κ3) is 40.4. The molecule has 10 unspecified atom stereocenters. The van der Waals surface area contributed by atoms with Crippen molar-refractivity contribution in [3.63, 3.8) is 0 Å². The fraction of sp³-hybridized carbons (Fsp3) is 0.875. The van der Waals surface area contributed by atoms with Crippen molar-refractivity contribution < 1.29 is 109 Å². The molecule has 0 amide bonds. The number of unbranched alkanes of at least 4 members (excludes halogenated alkanes) is 9. The summed E-state index contributed by atoms with van der Waals surface area (Å²) in [6.07, 6.45) is 10.7. The molecule has 0 aliphatic carbocycles. The number of ether oxygens (including phenoxy) is 4. The van der Waals surface area contributed by atoms with Crippen LogP contribution >= 0.6 is 0 Å². The fourth-order valence-corrected chi connectivity index (χ4v) is 72.6. The average Bonchev–Trinajstić information content (AvgIpc) is 0.852. The molecule has 2 N–H and O–H groups in total. The Morgan fingerprint density at radius 1 is 0.370 bits per heavy atom. The lowest BCUT2D eigenvalue weighted by Crippen LogP contribution is -2.62. The molecule has 2 rings (SSSR count). The minimum Gasteiger partial charge on any atom is -0.481 e. The van der Waals surface area contributed by atoms with Crippen LogP contribution in [0.3, 0.4) is 0 Å². The Morgan fingerprint density at radius 2 is 0.640 bits per heavy atom. The predicted octanol–water partition coefficient (Wildman–Crippen LogP) is 16.1. The Balaban J connectivity index is 2.11. The number of carbonyl (C=O) groups is 8. The molecule has 0 aromatic heterocycles. The standard InChI is InChI=1S/C64H134O24Si12/c1-25-27-29-35-43-95(19,79-89(3,4)5)87-99(23,47-39-55-51-59(67)77-63(55)73)85-93(15,16)83-97(21,81-91(9,10)11)45-37-53(61(69)70)49-57(65)75-41-33-31-32-34-42-76-58(66)50-54(62(71)72)38-46-98(22,82-92(12,13)14)84-94(17,18)86-100(24,48-40-56-52-60(68)78-64(56)74)88-96(20,80-90(6,7)8)44-36-30-28-26-2/h53-56H,25-52H2,1-24H3,(H,69,70)(H,71,72). The normalized spacial score (nSPS) is 20.2. The van der Waals surface area contributed by atoms with Gasteiger partial charge in [0.05, 0.1) is 62.6 Å². The summed E-state index contributed by atoms with van der Waals surface area (Å²) in [5.41, 5.74) is 0. The van der Waals surface area contributed by atoms with Gasteiger partial charge in [-0.25, -0.2) is 0 Å². The molecule has 582 valence electrons. The van der Waals surface area contributed by atoms with Gasteiger partial charge in [0.25, 0.3) is 0 Å². The Kier molecular flexibility index (Phi) is 38.8. The topological polar surface area (TPSA) is 306 Å². The van der Waals surface area contributed by atoms with Crippen molar-refractivity contribution in [3.05, 3.63) is 0 Å². The second kappa shape index (κ2) is 41.1. The number of esters is 6. The van der Waals surface area contributed by atoms with E-state index < -0.39 is 173 Å². The number of cyclic esters (lactones) is 4. The molecule has 0 spiro atoms. The molecule has 36 heteroatoms. The first-order valence-corrected chi connectivity index (χ1v) is 71.2. The molecule has 0 bridgehead atoms. The van der Waals surface area contributed by atoms with Crippen molar-refractivity contribution in [2.45, 2.75) is 323 Å². The highest BCUT2D eigenvalue weighted by molar-refractivity contribution is 6.93. The summed E-state index contributed by atoms with van der Waals surface area (Å²) >= 11 is 0. The number of carbonyl (C=O) groups excluding carboxylic acids is 6. The highest BCUT2D eigenvalue weighted by Gasteiger charge is 2.54. The van der Waals surface area contributed by atoms with Gasteiger partial charge in [-0.1, -0.05) is 65.2 Å². The first-order valence-electron chi connectivity index (χ1n) is 36.8. The number of carboxylic acid groups (broad SMARTS) is 2. The van der Waals surface area contributed by atoms with E-state index in [1.165, 1.54) is 0 Å². The molecular weight excluding hydrogens is 1490 g/mol. The Labute approximate surface area is 613 Å². The monoisotopic (exact) mass is 1620 g/mol. The summed E-state index contributed by atoms with van der Waals surface area (Å²) in [6, 6.07) is 2.82. The van der Waals surface area contributed by atoms with E-state index in [1.807, 2.05) is 91.7 Å². The quantitative estimate of drug-likeness (QED) is 0.0188. The molecular formula is C64H134O24Si12. The van der Waals surface area contributed by atoms with Crippen molar-refractivity contribution in [2.75, 3.05) is 13.2 Å². The van der Waals surface area contributed by atoms with Crippen LogP contribution in [0.25, 0.3) is 0 Å². The summed E-state index contributed by atoms with van der Waals surface area (Å²) < 4.78 is 91.8. The number of hydrogen-bond donors (Lipinski definition) is 2. The van der Waals surface area contributed by atoms with Gasteiger partial charge in [-0.2, -0.15) is 0 Å². The van der Waals surface area contributed by atoms with E-state index in [1.54, 1.807) is 0 Å². The molecule has 0 radical (unpaired) electrons. The van der Waals surface area contributed by atoms with Gasteiger partial charge < -0.3 is 70.3 Å². The highest BCUT2D eigenvalue weighted by Crippen LogP contribution is 2.39. The SMILES string of the molecule is CCCCCC[Si](C)(O[Si](C)(C)C)O[Si](C)(CCC1CC(=O)OC1=O)O[Si](C)(C)O[Si](C)(CCC(CC(=O)OCCCCCCOC(=O)CC(CC[Si](C)(O[Si](C)(C)C)O[Si](C)(C)O[Si](C)(CCC1CC(=O)OC1=O)O[Si](C)(CCCCCC)O[Si](C)(C)C)C(=O)O)C(=O)O)O[Si](C)(C)C. The number of carboxylic acids is 2. The lowest BCUT2D eigenvalue weighted by atomic mass is 10.0. The van der Waals surface area contributed by atoms with E-state index in [-0.39, 0.29) is 63.8 Å². The summed E-state index contributed by atoms with van der Waals surface area (Å²) in [5.74, 6) is -9.13. The Hall–Kier alpha value is -1.64. The molecule has 0 aromatic rings. The molecule has 10 atom stereocenters. The lowest BCUT2D eigenvalue weighted by molar-refractivity contribution is -0.154. The molecule has 0 aromatic carbocycles. The van der Waals surface area contributed by atoms with Crippen molar-refractivity contribution in [2.24, 2.45) is 23.7 Å². The molecule has 2 saturated heterocycles. The zero-order valence-corrected chi connectivity index (χ0v) is 78.0. The Morgan fingerprint density at radius 3 is 0.890 bits per heavy atom. The summed E-state index contributed by atoms with van der Waals surface area (Å²) in [4.78, 5) is 102. The second-order valence-electron chi connectivity index (χ2n) is 33.6. The van der Waals surface area contributed by atoms with E-state index >= 15 is 0 Å². The van der Waals surface area contributed by atoms with E-state index in [0.717, 1.165) is 63.5 Å². The zero-order chi connectivity index (χ0) is 76.6. The van der Waals surface area contributed by atoms with Crippen molar-refractivity contribution in [1.29, 1.82) is 0 Å². The molecule has 2 fully saturated rings. The van der Waals surface area contributed by atoms with Crippen LogP contribution < -0.4 is 0 Å². The third-order valence-corrected chi connectivity index (χ3v) is 62.3. The third-order valence-electron chi connectivity index (χ3n) is 16.6. The lowest BCUT2D eigenvalue weighted by Gasteiger charge is -2.46. The van der Waals surface area contributed by atoms with Gasteiger partial charge in [0, 0.05) is 0 Å². The number of hydrogen-bond acceptors (Lipinski definition) is 22. The molecule has 0 saturated carbocycles. The van der Waals surface area contributed by atoms with Gasteiger partial charge in [-0.3, -0.25) is 38.4 Å². The smallest absolute Gasteiger partial charge is 0.317 e.